The lowest BCUT2D eigenvalue weighted by Gasteiger charge is -2.16. The number of halogens is 3. The Hall–Kier alpha value is -4.09. The number of fused-ring (bicyclic) bond motifs is 1. The Bertz CT molecular complexity index is 1780. The zero-order chi connectivity index (χ0) is 26.3. The number of pyridine rings is 2. The Labute approximate surface area is 219 Å². The average molecular weight is 541 g/mol. The molecular weight excluding hydrogens is 522 g/mol. The van der Waals surface area contributed by atoms with E-state index in [1.165, 1.54) is 16.8 Å². The van der Waals surface area contributed by atoms with Crippen molar-refractivity contribution in [2.45, 2.75) is 26.9 Å². The maximum absolute atomic E-state index is 13.7. The third kappa shape index (κ3) is 4.83. The molecule has 0 aliphatic heterocycles. The number of hydrogen-bond acceptors (Lipinski definition) is 7. The molecule has 0 aliphatic carbocycles. The van der Waals surface area contributed by atoms with Crippen molar-refractivity contribution in [3.8, 4) is 5.69 Å². The molecule has 0 radical (unpaired) electrons. The van der Waals surface area contributed by atoms with Crippen molar-refractivity contribution >= 4 is 45.7 Å². The maximum Gasteiger partial charge on any atom is 0.359 e. The molecule has 10 nitrogen and oxygen atoms in total. The van der Waals surface area contributed by atoms with E-state index in [2.05, 4.69) is 25.4 Å². The van der Waals surface area contributed by atoms with E-state index in [4.69, 9.17) is 23.2 Å². The van der Waals surface area contributed by atoms with Gasteiger partial charge >= 0.3 is 11.4 Å². The summed E-state index contributed by atoms with van der Waals surface area (Å²) in [7, 11) is 0. The summed E-state index contributed by atoms with van der Waals surface area (Å²) in [6.07, 6.45) is 5.79. The molecule has 0 spiro atoms. The molecule has 1 N–H and O–H groups in total. The summed E-state index contributed by atoms with van der Waals surface area (Å²) in [4.78, 5) is 38.9. The van der Waals surface area contributed by atoms with Gasteiger partial charge in [-0.05, 0) is 43.7 Å². The molecular formula is C24H19Cl2FN8O2. The van der Waals surface area contributed by atoms with Gasteiger partial charge in [0.05, 0.1) is 51.6 Å². The first-order valence-corrected chi connectivity index (χ1v) is 11.9. The highest BCUT2D eigenvalue weighted by molar-refractivity contribution is 6.34. The number of aryl methyl sites for hydroxylation is 2. The van der Waals surface area contributed by atoms with E-state index < -0.39 is 17.2 Å². The number of anilines is 2. The van der Waals surface area contributed by atoms with Crippen LogP contribution in [0, 0.1) is 12.7 Å². The maximum atomic E-state index is 13.7. The SMILES string of the molecule is CCn1cc2cc(Nc3nc(=O)n(-c4cncc(C)c4)c(=O)n3Cc3cc(Cl)c(F)cn3)c(Cl)cc2n1. The molecule has 4 heterocycles. The minimum atomic E-state index is -0.822. The highest BCUT2D eigenvalue weighted by atomic mass is 35.5. The average Bonchev–Trinajstić information content (AvgIpc) is 3.25. The van der Waals surface area contributed by atoms with Gasteiger partial charge in [0.1, 0.15) is 0 Å². The zero-order valence-electron chi connectivity index (χ0n) is 19.6. The normalized spacial score (nSPS) is 11.3. The van der Waals surface area contributed by atoms with Crippen LogP contribution in [0.4, 0.5) is 16.0 Å². The van der Waals surface area contributed by atoms with Crippen molar-refractivity contribution in [3.05, 3.63) is 97.1 Å². The van der Waals surface area contributed by atoms with Gasteiger partial charge in [-0.15, -0.1) is 0 Å². The summed E-state index contributed by atoms with van der Waals surface area (Å²) in [6, 6.07) is 6.36. The van der Waals surface area contributed by atoms with Gasteiger partial charge in [-0.1, -0.05) is 23.2 Å². The molecule has 0 aliphatic rings. The first-order chi connectivity index (χ1) is 17.7. The molecule has 0 bridgehead atoms. The summed E-state index contributed by atoms with van der Waals surface area (Å²) in [5, 5.41) is 8.38. The van der Waals surface area contributed by atoms with Gasteiger partial charge in [0.25, 0.3) is 0 Å². The lowest BCUT2D eigenvalue weighted by molar-refractivity contribution is 0.612. The van der Waals surface area contributed by atoms with Crippen molar-refractivity contribution in [3.63, 3.8) is 0 Å². The second kappa shape index (κ2) is 9.75. The molecule has 0 fully saturated rings. The number of benzene rings is 1. The van der Waals surface area contributed by atoms with E-state index in [-0.39, 0.29) is 28.9 Å². The Balaban J connectivity index is 1.67. The minimum absolute atomic E-state index is 0.0850. The molecule has 0 saturated heterocycles. The van der Waals surface area contributed by atoms with Crippen LogP contribution in [0.1, 0.15) is 18.2 Å². The van der Waals surface area contributed by atoms with Crippen molar-refractivity contribution in [1.82, 2.24) is 33.9 Å². The lowest BCUT2D eigenvalue weighted by Crippen LogP contribution is -2.42. The molecule has 0 saturated carbocycles. The van der Waals surface area contributed by atoms with E-state index >= 15 is 0 Å². The Morgan fingerprint density at radius 3 is 2.59 bits per heavy atom. The Morgan fingerprint density at radius 1 is 1.05 bits per heavy atom. The predicted molar refractivity (Wildman–Crippen MR) is 139 cm³/mol. The van der Waals surface area contributed by atoms with Crippen LogP contribution >= 0.6 is 23.2 Å². The molecule has 5 aromatic rings. The number of rotatable bonds is 6. The van der Waals surface area contributed by atoms with E-state index in [1.54, 1.807) is 36.0 Å². The molecule has 188 valence electrons. The molecule has 37 heavy (non-hydrogen) atoms. The van der Waals surface area contributed by atoms with Crippen LogP contribution < -0.4 is 16.7 Å². The quantitative estimate of drug-likeness (QED) is 0.345. The van der Waals surface area contributed by atoms with Crippen molar-refractivity contribution in [2.24, 2.45) is 0 Å². The first kappa shape index (κ1) is 24.6. The summed E-state index contributed by atoms with van der Waals surface area (Å²) < 4.78 is 17.5. The second-order valence-electron chi connectivity index (χ2n) is 8.23. The fraction of sp³-hybridized carbons (Fsp3) is 0.167. The Morgan fingerprint density at radius 2 is 1.86 bits per heavy atom. The van der Waals surface area contributed by atoms with Crippen LogP contribution in [0.15, 0.2) is 58.6 Å². The van der Waals surface area contributed by atoms with Gasteiger partial charge in [-0.3, -0.25) is 19.2 Å². The summed E-state index contributed by atoms with van der Waals surface area (Å²) in [5.74, 6) is -0.781. The van der Waals surface area contributed by atoms with Crippen molar-refractivity contribution in [2.75, 3.05) is 5.32 Å². The number of aromatic nitrogens is 7. The summed E-state index contributed by atoms with van der Waals surface area (Å²) in [5.41, 5.74) is 0.832. The Kier molecular flexibility index (Phi) is 6.48. The fourth-order valence-electron chi connectivity index (χ4n) is 3.79. The highest BCUT2D eigenvalue weighted by Crippen LogP contribution is 2.29. The third-order valence-corrected chi connectivity index (χ3v) is 6.19. The van der Waals surface area contributed by atoms with Crippen LogP contribution in [0.2, 0.25) is 10.0 Å². The van der Waals surface area contributed by atoms with Crippen LogP contribution in [-0.2, 0) is 13.1 Å². The van der Waals surface area contributed by atoms with Gasteiger partial charge in [-0.2, -0.15) is 10.1 Å². The topological polar surface area (TPSA) is 113 Å². The van der Waals surface area contributed by atoms with E-state index in [1.807, 2.05) is 13.1 Å². The van der Waals surface area contributed by atoms with Crippen molar-refractivity contribution in [1.29, 1.82) is 0 Å². The van der Waals surface area contributed by atoms with Gasteiger partial charge < -0.3 is 5.32 Å². The molecule has 5 rings (SSSR count). The zero-order valence-corrected chi connectivity index (χ0v) is 21.1. The summed E-state index contributed by atoms with van der Waals surface area (Å²) in [6.45, 7) is 4.26. The highest BCUT2D eigenvalue weighted by Gasteiger charge is 2.18. The molecule has 4 aromatic heterocycles. The number of nitrogens with zero attached hydrogens (tertiary/aromatic N) is 7. The first-order valence-electron chi connectivity index (χ1n) is 11.1. The van der Waals surface area contributed by atoms with Gasteiger partial charge in [0, 0.05) is 24.3 Å². The van der Waals surface area contributed by atoms with Crippen LogP contribution in [0.3, 0.4) is 0 Å². The van der Waals surface area contributed by atoms with Crippen LogP contribution in [0.5, 0.6) is 0 Å². The van der Waals surface area contributed by atoms with Gasteiger partial charge in [-0.25, -0.2) is 18.5 Å². The standard InChI is InChI=1S/C24H19Cl2FN8O2/c1-3-33-11-14-5-21(18(26)7-20(14)32-33)30-22-31-23(36)35(16-4-13(2)8-28-9-16)24(37)34(22)12-15-6-17(25)19(27)10-29-15/h4-11H,3,12H2,1-2H3,(H,30,31,36). The minimum Gasteiger partial charge on any atom is -0.324 e. The molecule has 0 unspecified atom stereocenters. The van der Waals surface area contributed by atoms with Crippen molar-refractivity contribution < 1.29 is 4.39 Å². The molecule has 13 heteroatoms. The monoisotopic (exact) mass is 540 g/mol. The summed E-state index contributed by atoms with van der Waals surface area (Å²) >= 11 is 12.4. The predicted octanol–water partition coefficient (Wildman–Crippen LogP) is 4.10. The van der Waals surface area contributed by atoms with Gasteiger partial charge in [0.15, 0.2) is 5.82 Å². The smallest absolute Gasteiger partial charge is 0.324 e. The second-order valence-corrected chi connectivity index (χ2v) is 9.05. The van der Waals surface area contributed by atoms with E-state index in [0.717, 1.165) is 21.7 Å². The number of nitrogens with one attached hydrogen (secondary N) is 1. The fourth-order valence-corrected chi connectivity index (χ4v) is 4.17. The number of hydrogen-bond donors (Lipinski definition) is 1. The van der Waals surface area contributed by atoms with Gasteiger partial charge in [0.2, 0.25) is 5.95 Å². The molecule has 0 amide bonds. The lowest BCUT2D eigenvalue weighted by atomic mass is 10.2. The third-order valence-electron chi connectivity index (χ3n) is 5.59. The van der Waals surface area contributed by atoms with E-state index in [9.17, 15) is 14.0 Å². The molecule has 0 atom stereocenters. The van der Waals surface area contributed by atoms with Crippen LogP contribution in [-0.4, -0.2) is 33.9 Å². The molecule has 1 aromatic carbocycles. The largest absolute Gasteiger partial charge is 0.359 e. The van der Waals surface area contributed by atoms with Crippen LogP contribution in [0.25, 0.3) is 16.6 Å². The van der Waals surface area contributed by atoms with E-state index in [0.29, 0.717) is 22.8 Å².